The predicted octanol–water partition coefficient (Wildman–Crippen LogP) is 4.79. The topological polar surface area (TPSA) is 157 Å². The van der Waals surface area contributed by atoms with Crippen LogP contribution in [0.15, 0.2) is 36.7 Å². The molecule has 37 heavy (non-hydrogen) atoms. The molecule has 14 heteroatoms. The van der Waals surface area contributed by atoms with Crippen molar-refractivity contribution in [3.63, 3.8) is 0 Å². The normalized spacial score (nSPS) is 18.4. The lowest BCUT2D eigenvalue weighted by Crippen LogP contribution is -2.22. The number of fused-ring (bicyclic) bond motifs is 1. The summed E-state index contributed by atoms with van der Waals surface area (Å²) in [6.45, 7) is -0.729. The van der Waals surface area contributed by atoms with Crippen molar-refractivity contribution in [2.24, 2.45) is 0 Å². The molecule has 10 nitrogen and oxygen atoms in total. The first-order chi connectivity index (χ1) is 17.7. The monoisotopic (exact) mass is 572 g/mol. The number of anilines is 3. The molecule has 2 heterocycles. The Hall–Kier alpha value is -2.39. The molecule has 2 unspecified atom stereocenters. The average molecular weight is 573 g/mol. The van der Waals surface area contributed by atoms with Crippen LogP contribution in [0.2, 0.25) is 5.02 Å². The van der Waals surface area contributed by atoms with Crippen LogP contribution in [0.1, 0.15) is 19.3 Å². The smallest absolute Gasteiger partial charge is 0.224 e. The molecule has 1 amide bonds. The Kier molecular flexibility index (Phi) is 8.95. The second kappa shape index (κ2) is 12.0. The number of hydrogen-bond donors (Lipinski definition) is 6. The molecule has 1 aliphatic rings. The molecule has 2 aromatic carbocycles. The summed E-state index contributed by atoms with van der Waals surface area (Å²) in [5.74, 6) is 0.287. The maximum atomic E-state index is 13.6. The van der Waals surface area contributed by atoms with Crippen LogP contribution >= 0.6 is 32.0 Å². The van der Waals surface area contributed by atoms with E-state index in [9.17, 15) is 23.4 Å². The van der Waals surface area contributed by atoms with Gasteiger partial charge in [-0.25, -0.2) is 14.4 Å². The third-order valence-electron chi connectivity index (χ3n) is 5.66. The van der Waals surface area contributed by atoms with E-state index in [2.05, 4.69) is 20.6 Å². The highest BCUT2D eigenvalue weighted by Gasteiger charge is 2.32. The molecule has 0 aliphatic carbocycles. The van der Waals surface area contributed by atoms with E-state index in [-0.39, 0.29) is 40.6 Å². The van der Waals surface area contributed by atoms with Crippen molar-refractivity contribution in [1.82, 2.24) is 9.97 Å². The van der Waals surface area contributed by atoms with E-state index in [0.29, 0.717) is 41.0 Å². The van der Waals surface area contributed by atoms with Gasteiger partial charge in [-0.3, -0.25) is 13.9 Å². The van der Waals surface area contributed by atoms with E-state index >= 15 is 0 Å². The first-order valence-electron chi connectivity index (χ1n) is 11.3. The lowest BCUT2D eigenvalue weighted by molar-refractivity contribution is -0.116. The molecule has 0 bridgehead atoms. The minimum atomic E-state index is -2.75. The summed E-state index contributed by atoms with van der Waals surface area (Å²) in [7, 11) is -1.62. The third-order valence-corrected chi connectivity index (χ3v) is 10.4. The van der Waals surface area contributed by atoms with Crippen molar-refractivity contribution >= 4 is 66.0 Å². The van der Waals surface area contributed by atoms with Crippen LogP contribution in [-0.4, -0.2) is 65.5 Å². The maximum Gasteiger partial charge on any atom is 0.224 e. The van der Waals surface area contributed by atoms with Gasteiger partial charge in [-0.15, -0.1) is 9.62 Å². The fraction of sp³-hybridized carbons (Fsp3) is 0.348. The van der Waals surface area contributed by atoms with Gasteiger partial charge in [0.25, 0.3) is 0 Å². The SMILES string of the molecule is O=C(CCC1CCSS1(O)O)Nc1cc2c(Nc3ccc(F)c(Cl)c3)ncnc2cc1OCC(O)CO. The highest BCUT2D eigenvalue weighted by Crippen LogP contribution is 2.64. The highest BCUT2D eigenvalue weighted by atomic mass is 35.5. The van der Waals surface area contributed by atoms with Crippen molar-refractivity contribution in [3.8, 4) is 5.75 Å². The number of halogens is 2. The van der Waals surface area contributed by atoms with Crippen LogP contribution in [-0.2, 0) is 4.79 Å². The van der Waals surface area contributed by atoms with E-state index in [1.165, 1.54) is 24.5 Å². The Morgan fingerprint density at radius 3 is 2.81 bits per heavy atom. The zero-order valence-corrected chi connectivity index (χ0v) is 21.8. The Balaban J connectivity index is 1.60. The van der Waals surface area contributed by atoms with Crippen molar-refractivity contribution in [1.29, 1.82) is 0 Å². The zero-order valence-electron chi connectivity index (χ0n) is 19.4. The molecule has 0 radical (unpaired) electrons. The molecule has 1 fully saturated rings. The first-order valence-corrected chi connectivity index (χ1v) is 14.8. The van der Waals surface area contributed by atoms with Gasteiger partial charge in [0.15, 0.2) is 0 Å². The lowest BCUT2D eigenvalue weighted by atomic mass is 10.1. The van der Waals surface area contributed by atoms with Gasteiger partial charge in [-0.05, 0) is 47.9 Å². The lowest BCUT2D eigenvalue weighted by Gasteiger charge is -2.32. The number of nitrogens with one attached hydrogen (secondary N) is 2. The van der Waals surface area contributed by atoms with Gasteiger partial charge in [0, 0.05) is 29.3 Å². The minimum absolute atomic E-state index is 0.0579. The van der Waals surface area contributed by atoms with Crippen LogP contribution in [0, 0.1) is 5.82 Å². The summed E-state index contributed by atoms with van der Waals surface area (Å²) in [4.78, 5) is 21.3. The van der Waals surface area contributed by atoms with E-state index in [1.807, 2.05) is 0 Å². The predicted molar refractivity (Wildman–Crippen MR) is 144 cm³/mol. The highest BCUT2D eigenvalue weighted by molar-refractivity contribution is 8.90. The minimum Gasteiger partial charge on any atom is -0.489 e. The summed E-state index contributed by atoms with van der Waals surface area (Å²) in [5.41, 5.74) is 1.20. The molecule has 4 rings (SSSR count). The van der Waals surface area contributed by atoms with Gasteiger partial charge in [-0.2, -0.15) is 0 Å². The molecule has 0 spiro atoms. The summed E-state index contributed by atoms with van der Waals surface area (Å²) in [5, 5.41) is 24.8. The van der Waals surface area contributed by atoms with E-state index in [1.54, 1.807) is 12.1 Å². The number of carbonyl (C=O) groups is 1. The van der Waals surface area contributed by atoms with Gasteiger partial charge in [0.05, 0.1) is 28.1 Å². The second-order valence-corrected chi connectivity index (χ2v) is 13.3. The molecule has 3 aromatic rings. The van der Waals surface area contributed by atoms with Gasteiger partial charge in [0.2, 0.25) is 5.91 Å². The molecule has 1 aliphatic heterocycles. The van der Waals surface area contributed by atoms with Gasteiger partial charge < -0.3 is 25.6 Å². The van der Waals surface area contributed by atoms with Crippen LogP contribution < -0.4 is 15.4 Å². The number of benzene rings is 2. The summed E-state index contributed by atoms with van der Waals surface area (Å²) >= 11 is 5.89. The Labute approximate surface area is 222 Å². The molecule has 6 N–H and O–H groups in total. The number of aliphatic hydroxyl groups is 2. The molecule has 0 saturated carbocycles. The quantitative estimate of drug-likeness (QED) is 0.187. The molecular formula is C23H26ClFN4O6S2. The van der Waals surface area contributed by atoms with Crippen LogP contribution in [0.5, 0.6) is 5.75 Å². The molecular weight excluding hydrogens is 547 g/mol. The van der Waals surface area contributed by atoms with E-state index < -0.39 is 28.1 Å². The van der Waals surface area contributed by atoms with Crippen molar-refractivity contribution in [3.05, 3.63) is 47.5 Å². The number of carbonyl (C=O) groups excluding carboxylic acids is 1. The Bertz CT molecular complexity index is 1290. The standard InChI is InChI=1S/C23H26ClFN4O6S2/c24-17-7-13(1-3-18(17)25)28-23-16-8-20(29-22(32)4-2-15-5-6-36-37(15,33)34)21(35-11-14(31)10-30)9-19(16)26-12-27-23/h1,3,7-9,12,14-15,30-31,33-34H,2,4-6,10-11H2,(H,29,32)(H,26,27,28). The largest absolute Gasteiger partial charge is 0.489 e. The van der Waals surface area contributed by atoms with E-state index in [4.69, 9.17) is 21.4 Å². The number of aliphatic hydroxyl groups excluding tert-OH is 2. The maximum absolute atomic E-state index is 13.6. The Morgan fingerprint density at radius 2 is 2.11 bits per heavy atom. The van der Waals surface area contributed by atoms with Crippen molar-refractivity contribution in [2.45, 2.75) is 30.6 Å². The van der Waals surface area contributed by atoms with E-state index in [0.717, 1.165) is 10.8 Å². The summed E-state index contributed by atoms with van der Waals surface area (Å²) in [6.07, 6.45) is 1.19. The number of amides is 1. The average Bonchev–Trinajstić information content (AvgIpc) is 3.21. The molecule has 2 atom stereocenters. The number of rotatable bonds is 10. The van der Waals surface area contributed by atoms with Crippen LogP contribution in [0.4, 0.5) is 21.6 Å². The molecule has 1 aromatic heterocycles. The van der Waals surface area contributed by atoms with Gasteiger partial charge in [0.1, 0.15) is 36.4 Å². The fourth-order valence-corrected chi connectivity index (χ4v) is 7.88. The zero-order chi connectivity index (χ0) is 26.6. The second-order valence-electron chi connectivity index (χ2n) is 8.35. The van der Waals surface area contributed by atoms with Crippen molar-refractivity contribution in [2.75, 3.05) is 29.6 Å². The third kappa shape index (κ3) is 6.93. The number of hydrogen-bond acceptors (Lipinski definition) is 10. The van der Waals surface area contributed by atoms with Crippen molar-refractivity contribution < 1.29 is 33.2 Å². The van der Waals surface area contributed by atoms with Crippen LogP contribution in [0.25, 0.3) is 10.9 Å². The molecule has 200 valence electrons. The number of nitrogens with zero attached hydrogens (tertiary/aromatic N) is 2. The van der Waals surface area contributed by atoms with Gasteiger partial charge >= 0.3 is 0 Å². The number of aromatic nitrogens is 2. The van der Waals surface area contributed by atoms with Crippen LogP contribution in [0.3, 0.4) is 0 Å². The fourth-order valence-electron chi connectivity index (χ4n) is 3.70. The number of ether oxygens (including phenoxy) is 1. The molecule has 1 saturated heterocycles. The first kappa shape index (κ1) is 27.6. The van der Waals surface area contributed by atoms with Gasteiger partial charge in [-0.1, -0.05) is 11.6 Å². The summed E-state index contributed by atoms with van der Waals surface area (Å²) < 4.78 is 39.4. The Morgan fingerprint density at radius 1 is 1.30 bits per heavy atom. The summed E-state index contributed by atoms with van der Waals surface area (Å²) in [6, 6.07) is 7.28.